The van der Waals surface area contributed by atoms with Gasteiger partial charge in [-0.25, -0.2) is 9.18 Å². The summed E-state index contributed by atoms with van der Waals surface area (Å²) in [5.74, 6) is -0.985. The summed E-state index contributed by atoms with van der Waals surface area (Å²) < 4.78 is 32.8. The maximum Gasteiger partial charge on any atom is 0.333 e. The van der Waals surface area contributed by atoms with Crippen LogP contribution in [0.1, 0.15) is 25.0 Å². The summed E-state index contributed by atoms with van der Waals surface area (Å²) in [5, 5.41) is 1.05. The first-order chi connectivity index (χ1) is 18.4. The Balaban J connectivity index is 1.28. The van der Waals surface area contributed by atoms with Gasteiger partial charge >= 0.3 is 11.9 Å². The third kappa shape index (κ3) is 4.24. The summed E-state index contributed by atoms with van der Waals surface area (Å²) in [6, 6.07) is 10.1. The molecule has 0 spiro atoms. The molecule has 11 heteroatoms. The number of aryl methyl sites for hydroxylation is 1. The Bertz CT molecular complexity index is 1580. The van der Waals surface area contributed by atoms with E-state index in [-0.39, 0.29) is 18.8 Å². The van der Waals surface area contributed by atoms with E-state index in [1.165, 1.54) is 7.11 Å². The van der Waals surface area contributed by atoms with Crippen LogP contribution in [0, 0.1) is 24.1 Å². The number of hydrogen-bond acceptors (Lipinski definition) is 9. The Kier molecular flexibility index (Phi) is 5.79. The average Bonchev–Trinajstić information content (AvgIpc) is 3.63. The van der Waals surface area contributed by atoms with Gasteiger partial charge in [0.1, 0.15) is 5.75 Å². The van der Waals surface area contributed by atoms with E-state index >= 15 is 4.39 Å². The van der Waals surface area contributed by atoms with Crippen LogP contribution in [0.4, 0.5) is 4.39 Å². The molecule has 0 amide bonds. The number of benzene rings is 2. The van der Waals surface area contributed by atoms with Crippen LogP contribution in [0.5, 0.6) is 23.0 Å². The van der Waals surface area contributed by atoms with Crippen LogP contribution in [0.2, 0.25) is 0 Å². The van der Waals surface area contributed by atoms with Gasteiger partial charge in [-0.15, -0.1) is 0 Å². The van der Waals surface area contributed by atoms with Crippen molar-refractivity contribution in [1.82, 2.24) is 15.6 Å². The lowest BCUT2D eigenvalue weighted by Gasteiger charge is -2.23. The Morgan fingerprint density at radius 3 is 2.68 bits per heavy atom. The zero-order valence-corrected chi connectivity index (χ0v) is 20.6. The molecular formula is C27H24FN3O7. The first kappa shape index (κ1) is 24.0. The minimum absolute atomic E-state index is 0.0854. The quantitative estimate of drug-likeness (QED) is 0.358. The van der Waals surface area contributed by atoms with E-state index in [1.807, 2.05) is 12.6 Å². The van der Waals surface area contributed by atoms with E-state index in [0.717, 1.165) is 5.69 Å². The second kappa shape index (κ2) is 9.18. The normalized spacial score (nSPS) is 18.6. The molecule has 2 aromatic heterocycles. The van der Waals surface area contributed by atoms with Crippen molar-refractivity contribution >= 4 is 33.7 Å². The fourth-order valence-corrected chi connectivity index (χ4v) is 4.89. The first-order valence-electron chi connectivity index (χ1n) is 12.1. The predicted octanol–water partition coefficient (Wildman–Crippen LogP) is 4.65. The number of pyridine rings is 1. The average molecular weight is 522 g/mol. The number of methoxy groups -OCH3 is 1. The Morgan fingerprint density at radius 2 is 1.89 bits per heavy atom. The highest BCUT2D eigenvalue weighted by Crippen LogP contribution is 2.54. The highest BCUT2D eigenvalue weighted by atomic mass is 19.1. The molecular weight excluding hydrogens is 497 g/mol. The number of carbonyl (C=O) groups excluding carboxylic acids is 2. The Hall–Kier alpha value is -4.38. The number of halogens is 1. The molecule has 3 heterocycles. The highest BCUT2D eigenvalue weighted by molar-refractivity contribution is 5.89. The molecule has 2 aromatic carbocycles. The lowest BCUT2D eigenvalue weighted by atomic mass is 9.87. The first-order valence-corrected chi connectivity index (χ1v) is 12.1. The number of hydrogen-bond donors (Lipinski definition) is 2. The van der Waals surface area contributed by atoms with Crippen LogP contribution in [0.3, 0.4) is 0 Å². The molecule has 2 N–H and O–H groups in total. The van der Waals surface area contributed by atoms with Crippen LogP contribution in [0.25, 0.3) is 21.8 Å². The topological polar surface area (TPSA) is 121 Å². The minimum Gasteiger partial charge on any atom is -0.493 e. The minimum atomic E-state index is -0.689. The van der Waals surface area contributed by atoms with Gasteiger partial charge in [0, 0.05) is 45.3 Å². The summed E-state index contributed by atoms with van der Waals surface area (Å²) in [4.78, 5) is 41.2. The predicted molar refractivity (Wildman–Crippen MR) is 132 cm³/mol. The number of aromatic amines is 1. The fourth-order valence-electron chi connectivity index (χ4n) is 4.89. The summed E-state index contributed by atoms with van der Waals surface area (Å²) in [7, 11) is 1.50. The second-order valence-corrected chi connectivity index (χ2v) is 9.61. The van der Waals surface area contributed by atoms with Gasteiger partial charge in [-0.3, -0.25) is 9.78 Å². The van der Waals surface area contributed by atoms with Gasteiger partial charge in [-0.1, -0.05) is 0 Å². The SMILES string of the molecule is COc1cc2c(Oc3ccc4[nH]c(C)cc4c3F)ccnc2cc1OCC1(C2CC(=O)ONOC2=O)CC1. The van der Waals surface area contributed by atoms with Crippen molar-refractivity contribution in [3.63, 3.8) is 0 Å². The molecule has 1 unspecified atom stereocenters. The summed E-state index contributed by atoms with van der Waals surface area (Å²) in [5.41, 5.74) is 3.46. The molecule has 6 rings (SSSR count). The van der Waals surface area contributed by atoms with Gasteiger partial charge in [0.25, 0.3) is 0 Å². The number of aromatic nitrogens is 2. The zero-order chi connectivity index (χ0) is 26.4. The van der Waals surface area contributed by atoms with Gasteiger partial charge < -0.3 is 28.9 Å². The summed E-state index contributed by atoms with van der Waals surface area (Å²) in [6.07, 6.45) is 2.86. The van der Waals surface area contributed by atoms with E-state index in [0.29, 0.717) is 51.9 Å². The number of H-pyrrole nitrogens is 1. The smallest absolute Gasteiger partial charge is 0.333 e. The number of rotatable bonds is 7. The van der Waals surface area contributed by atoms with E-state index in [9.17, 15) is 9.59 Å². The van der Waals surface area contributed by atoms with Crippen LogP contribution in [-0.4, -0.2) is 35.6 Å². The molecule has 196 valence electrons. The van der Waals surface area contributed by atoms with Gasteiger partial charge in [0.15, 0.2) is 23.1 Å². The van der Waals surface area contributed by atoms with Crippen LogP contribution in [0.15, 0.2) is 42.6 Å². The number of fused-ring (bicyclic) bond motifs is 2. The third-order valence-corrected chi connectivity index (χ3v) is 7.14. The van der Waals surface area contributed by atoms with Gasteiger partial charge in [-0.05, 0) is 50.1 Å². The highest BCUT2D eigenvalue weighted by Gasteiger charge is 2.55. The molecule has 1 aliphatic carbocycles. The molecule has 2 fully saturated rings. The van der Waals surface area contributed by atoms with Gasteiger partial charge in [-0.2, -0.15) is 0 Å². The summed E-state index contributed by atoms with van der Waals surface area (Å²) in [6.45, 7) is 2.03. The summed E-state index contributed by atoms with van der Waals surface area (Å²) >= 11 is 0. The zero-order valence-electron chi connectivity index (χ0n) is 20.6. The van der Waals surface area contributed by atoms with Crippen molar-refractivity contribution < 1.29 is 37.9 Å². The van der Waals surface area contributed by atoms with Crippen molar-refractivity contribution in [2.75, 3.05) is 13.7 Å². The lowest BCUT2D eigenvalue weighted by molar-refractivity contribution is -0.192. The number of carbonyl (C=O) groups is 2. The molecule has 1 saturated carbocycles. The molecule has 1 saturated heterocycles. The lowest BCUT2D eigenvalue weighted by Crippen LogP contribution is -2.32. The molecule has 2 aliphatic rings. The molecule has 4 aromatic rings. The molecule has 38 heavy (non-hydrogen) atoms. The molecule has 1 aliphatic heterocycles. The van der Waals surface area contributed by atoms with Crippen LogP contribution < -0.4 is 19.9 Å². The number of nitrogens with one attached hydrogen (secondary N) is 2. The molecule has 0 radical (unpaired) electrons. The number of nitrogens with zero attached hydrogens (tertiary/aromatic N) is 1. The Labute approximate surface area is 215 Å². The largest absolute Gasteiger partial charge is 0.493 e. The maximum atomic E-state index is 15.2. The monoisotopic (exact) mass is 521 g/mol. The van der Waals surface area contributed by atoms with Crippen molar-refractivity contribution in [2.24, 2.45) is 11.3 Å². The van der Waals surface area contributed by atoms with Crippen LogP contribution >= 0.6 is 0 Å². The molecule has 10 nitrogen and oxygen atoms in total. The van der Waals surface area contributed by atoms with Crippen molar-refractivity contribution in [3.8, 4) is 23.0 Å². The third-order valence-electron chi connectivity index (χ3n) is 7.14. The standard InChI is InChI=1S/C27H24FN3O7/c1-14-9-16-18(30-14)3-4-21(25(16)28)36-20-5-8-29-19-12-23(22(34-2)10-15(19)20)35-13-27(6-7-27)17-11-24(32)37-31-38-26(17)33/h3-5,8-10,12,17,30-31H,6-7,11,13H2,1-2H3. The Morgan fingerprint density at radius 1 is 1.05 bits per heavy atom. The van der Waals surface area contributed by atoms with E-state index in [4.69, 9.17) is 19.0 Å². The van der Waals surface area contributed by atoms with E-state index < -0.39 is 29.1 Å². The van der Waals surface area contributed by atoms with E-state index in [1.54, 1.807) is 42.6 Å². The van der Waals surface area contributed by atoms with Crippen LogP contribution in [-0.2, 0) is 19.3 Å². The van der Waals surface area contributed by atoms with Crippen molar-refractivity contribution in [2.45, 2.75) is 26.2 Å². The fraction of sp³-hybridized carbons (Fsp3) is 0.296. The maximum absolute atomic E-state index is 15.2. The van der Waals surface area contributed by atoms with Gasteiger partial charge in [0.2, 0.25) is 0 Å². The molecule has 1 atom stereocenters. The second-order valence-electron chi connectivity index (χ2n) is 9.61. The van der Waals surface area contributed by atoms with Crippen molar-refractivity contribution in [3.05, 3.63) is 54.1 Å². The van der Waals surface area contributed by atoms with Gasteiger partial charge in [0.05, 0.1) is 31.6 Å². The van der Waals surface area contributed by atoms with E-state index in [2.05, 4.69) is 14.8 Å². The van der Waals surface area contributed by atoms with Crippen molar-refractivity contribution in [1.29, 1.82) is 0 Å². The molecule has 0 bridgehead atoms. The number of ether oxygens (including phenoxy) is 3.